The first-order chi connectivity index (χ1) is 22.1. The van der Waals surface area contributed by atoms with Crippen molar-refractivity contribution < 1.29 is 9.30 Å². The molecular formula is C32H48BrN10O2P. The Balaban J connectivity index is 1.15. The normalized spacial score (nSPS) is 26.3. The zero-order valence-electron chi connectivity index (χ0n) is 27.5. The second kappa shape index (κ2) is 14.1. The van der Waals surface area contributed by atoms with E-state index >= 15 is 0 Å². The van der Waals surface area contributed by atoms with Gasteiger partial charge in [0, 0.05) is 57.6 Å². The van der Waals surface area contributed by atoms with Gasteiger partial charge in [-0.2, -0.15) is 0 Å². The summed E-state index contributed by atoms with van der Waals surface area (Å²) >= 11 is 3.64. The van der Waals surface area contributed by atoms with Crippen LogP contribution < -0.4 is 32.1 Å². The van der Waals surface area contributed by atoms with Gasteiger partial charge in [-0.1, -0.05) is 13.0 Å². The van der Waals surface area contributed by atoms with Crippen LogP contribution in [0.4, 0.5) is 17.1 Å². The lowest BCUT2D eigenvalue weighted by molar-refractivity contribution is 0.0533. The van der Waals surface area contributed by atoms with Crippen LogP contribution in [0.15, 0.2) is 56.4 Å². The van der Waals surface area contributed by atoms with Crippen LogP contribution in [0.25, 0.3) is 0 Å². The van der Waals surface area contributed by atoms with Gasteiger partial charge in [-0.3, -0.25) is 20.7 Å². The third-order valence-electron chi connectivity index (χ3n) is 9.63. The Labute approximate surface area is 281 Å². The summed E-state index contributed by atoms with van der Waals surface area (Å²) in [6.45, 7) is 12.7. The molecule has 3 atom stereocenters. The van der Waals surface area contributed by atoms with Gasteiger partial charge < -0.3 is 30.2 Å². The van der Waals surface area contributed by atoms with Crippen LogP contribution in [-0.2, 0) is 9.30 Å². The van der Waals surface area contributed by atoms with E-state index in [0.717, 1.165) is 41.1 Å². The van der Waals surface area contributed by atoms with E-state index in [4.69, 9.17) is 9.73 Å². The number of ether oxygens (including phenoxy) is 1. The van der Waals surface area contributed by atoms with E-state index in [1.54, 1.807) is 26.8 Å². The number of aliphatic imine (C=N–C) groups is 2. The third-order valence-corrected chi connectivity index (χ3v) is 11.8. The van der Waals surface area contributed by atoms with Crippen molar-refractivity contribution in [2.45, 2.75) is 44.6 Å². The Hall–Kier alpha value is -2.83. The molecule has 5 N–H and O–H groups in total. The molecule has 1 aromatic rings. The Morgan fingerprint density at radius 2 is 1.85 bits per heavy atom. The Morgan fingerprint density at radius 1 is 1.09 bits per heavy atom. The van der Waals surface area contributed by atoms with Crippen molar-refractivity contribution in [3.05, 3.63) is 46.4 Å². The maximum Gasteiger partial charge on any atom is 0.196 e. The van der Waals surface area contributed by atoms with E-state index in [0.29, 0.717) is 40.5 Å². The first-order valence-electron chi connectivity index (χ1n) is 16.3. The van der Waals surface area contributed by atoms with Gasteiger partial charge in [-0.15, -0.1) is 0 Å². The van der Waals surface area contributed by atoms with E-state index < -0.39 is 13.4 Å². The smallest absolute Gasteiger partial charge is 0.196 e. The molecule has 3 unspecified atom stereocenters. The Morgan fingerprint density at radius 3 is 2.54 bits per heavy atom. The number of piperidine rings is 1. The van der Waals surface area contributed by atoms with Crippen LogP contribution in [0.1, 0.15) is 26.2 Å². The number of hydrazine groups is 1. The molecule has 14 heteroatoms. The second-order valence-corrected chi connectivity index (χ2v) is 17.0. The van der Waals surface area contributed by atoms with Gasteiger partial charge in [0.15, 0.2) is 6.29 Å². The average Bonchev–Trinajstić information content (AvgIpc) is 3.06. The number of amidine groups is 1. The number of benzene rings is 1. The van der Waals surface area contributed by atoms with Crippen LogP contribution in [0.5, 0.6) is 0 Å². The summed E-state index contributed by atoms with van der Waals surface area (Å²) < 4.78 is 20.1. The van der Waals surface area contributed by atoms with Gasteiger partial charge in [0.25, 0.3) is 0 Å². The number of piperazine rings is 1. The highest BCUT2D eigenvalue weighted by Crippen LogP contribution is 2.45. The molecule has 2 saturated heterocycles. The van der Waals surface area contributed by atoms with E-state index in [1.807, 2.05) is 18.3 Å². The number of nitrogens with zero attached hydrogens (tertiary/aromatic N) is 5. The zero-order chi connectivity index (χ0) is 32.4. The van der Waals surface area contributed by atoms with Crippen LogP contribution in [-0.4, -0.2) is 112 Å². The molecular weight excluding hydrogens is 667 g/mol. The molecule has 0 amide bonds. The number of halogens is 1. The predicted molar refractivity (Wildman–Crippen MR) is 193 cm³/mol. The largest absolute Gasteiger partial charge is 0.495 e. The first-order valence-corrected chi connectivity index (χ1v) is 19.7. The molecule has 12 nitrogen and oxygen atoms in total. The topological polar surface area (TPSA) is 121 Å². The maximum absolute atomic E-state index is 13.4. The molecule has 0 saturated carbocycles. The van der Waals surface area contributed by atoms with Crippen LogP contribution in [0, 0.1) is 5.92 Å². The second-order valence-electron chi connectivity index (χ2n) is 13.0. The molecule has 6 rings (SSSR count). The van der Waals surface area contributed by atoms with E-state index in [2.05, 4.69) is 88.5 Å². The molecule has 0 radical (unpaired) electrons. The third kappa shape index (κ3) is 7.18. The number of hydrogen-bond donors (Lipinski definition) is 5. The summed E-state index contributed by atoms with van der Waals surface area (Å²) in [7, 11) is 1.26. The van der Waals surface area contributed by atoms with Crippen molar-refractivity contribution >= 4 is 57.6 Å². The van der Waals surface area contributed by atoms with Gasteiger partial charge in [0.2, 0.25) is 0 Å². The summed E-state index contributed by atoms with van der Waals surface area (Å²) in [5, 5.41) is 11.0. The fourth-order valence-corrected chi connectivity index (χ4v) is 8.82. The number of likely N-dealkylation sites (N-methyl/N-ethyl adjacent to an activating group) is 1. The molecule has 0 bridgehead atoms. The molecule has 0 spiro atoms. The van der Waals surface area contributed by atoms with E-state index in [-0.39, 0.29) is 0 Å². The number of nitrogens with one attached hydrogen (secondary N) is 5. The molecule has 1 aliphatic carbocycles. The fraction of sp³-hybridized carbons (Fsp3) is 0.562. The van der Waals surface area contributed by atoms with E-state index in [9.17, 15) is 4.57 Å². The summed E-state index contributed by atoms with van der Waals surface area (Å²) in [6, 6.07) is 4.82. The molecule has 4 heterocycles. The number of methoxy groups -OCH3 is 1. The van der Waals surface area contributed by atoms with Gasteiger partial charge in [0.1, 0.15) is 30.8 Å². The standard InChI is InChI=1S/C32H48BrN10O2P/c1-6-21-17-26(28(45-3)18-27(21)43-11-9-22(10-12-43)42-15-13-41(2)14-16-42)38-32-34-19-23(33)31(39-32)37-25-8-7-24-29(35-20-36-40-24)30(25)46(4,5)44/h7-8,17-22,27,32,34,38,40H,6,9-16H2,1-5H3,(H,35,36)(H,37,39). The van der Waals surface area contributed by atoms with Gasteiger partial charge in [-0.25, -0.2) is 9.98 Å². The zero-order valence-corrected chi connectivity index (χ0v) is 30.0. The lowest BCUT2D eigenvalue weighted by Gasteiger charge is -2.45. The summed E-state index contributed by atoms with van der Waals surface area (Å²) in [5.41, 5.74) is 9.04. The quantitative estimate of drug-likeness (QED) is 0.256. The molecule has 250 valence electrons. The molecule has 0 aromatic heterocycles. The van der Waals surface area contributed by atoms with Gasteiger partial charge >= 0.3 is 0 Å². The first kappa shape index (κ1) is 33.1. The predicted octanol–water partition coefficient (Wildman–Crippen LogP) is 3.58. The highest BCUT2D eigenvalue weighted by Gasteiger charge is 2.34. The average molecular weight is 716 g/mol. The van der Waals surface area contributed by atoms with Gasteiger partial charge in [-0.05, 0) is 79.7 Å². The maximum atomic E-state index is 13.4. The van der Waals surface area contributed by atoms with Crippen molar-refractivity contribution in [2.24, 2.45) is 15.9 Å². The van der Waals surface area contributed by atoms with E-state index in [1.165, 1.54) is 39.0 Å². The van der Waals surface area contributed by atoms with Crippen molar-refractivity contribution in [1.29, 1.82) is 0 Å². The molecule has 4 aliphatic heterocycles. The van der Waals surface area contributed by atoms with Crippen molar-refractivity contribution in [1.82, 2.24) is 30.8 Å². The minimum Gasteiger partial charge on any atom is -0.495 e. The lowest BCUT2D eigenvalue weighted by atomic mass is 9.87. The Kier molecular flexibility index (Phi) is 10.1. The number of hydrogen-bond acceptors (Lipinski definition) is 12. The highest BCUT2D eigenvalue weighted by atomic mass is 79.9. The fourth-order valence-electron chi connectivity index (χ4n) is 7.09. The number of rotatable bonds is 8. The van der Waals surface area contributed by atoms with Crippen molar-refractivity contribution in [3.8, 4) is 0 Å². The van der Waals surface area contributed by atoms with Crippen LogP contribution in [0.2, 0.25) is 0 Å². The van der Waals surface area contributed by atoms with Crippen molar-refractivity contribution in [2.75, 3.05) is 77.5 Å². The molecule has 46 heavy (non-hydrogen) atoms. The summed E-state index contributed by atoms with van der Waals surface area (Å²) in [4.78, 5) is 17.2. The number of fused-ring (bicyclic) bond motifs is 1. The SMILES string of the molecule is CCC1C=C(NC2N=C(Nc3ccc4c(c3P(C)(C)=O)N=CNN4)C(Br)=CN2)C(OC)=CC1N1CCC(N2CCN(C)CC2)CC1. The number of likely N-dealkylation sites (tertiary alicyclic amines) is 1. The highest BCUT2D eigenvalue weighted by molar-refractivity contribution is 9.12. The number of anilines is 2. The van der Waals surface area contributed by atoms with Crippen LogP contribution >= 0.6 is 23.1 Å². The van der Waals surface area contributed by atoms with Gasteiger partial charge in [0.05, 0.1) is 34.0 Å². The monoisotopic (exact) mass is 714 g/mol. The minimum atomic E-state index is -2.71. The minimum absolute atomic E-state index is 0.307. The molecule has 2 fully saturated rings. The van der Waals surface area contributed by atoms with Crippen LogP contribution in [0.3, 0.4) is 0 Å². The Bertz CT molecular complexity index is 1490. The lowest BCUT2D eigenvalue weighted by Crippen LogP contribution is -2.54. The summed E-state index contributed by atoms with van der Waals surface area (Å²) in [5.74, 6) is 1.81. The summed E-state index contributed by atoms with van der Waals surface area (Å²) in [6.07, 6.45) is 11.1. The van der Waals surface area contributed by atoms with Crippen molar-refractivity contribution in [3.63, 3.8) is 0 Å². The molecule has 5 aliphatic rings. The molecule has 1 aromatic carbocycles.